The summed E-state index contributed by atoms with van der Waals surface area (Å²) in [6.07, 6.45) is 4.15. The molecule has 0 spiro atoms. The summed E-state index contributed by atoms with van der Waals surface area (Å²) in [6.45, 7) is 4.12. The Morgan fingerprint density at radius 3 is 2.44 bits per heavy atom. The largest absolute Gasteiger partial charge is 0.151 e. The van der Waals surface area contributed by atoms with Crippen LogP contribution in [0.4, 0.5) is 0 Å². The zero-order valence-electron chi connectivity index (χ0n) is 6.26. The number of rotatable bonds is 5. The second-order valence-electron chi connectivity index (χ2n) is 2.31. The van der Waals surface area contributed by atoms with Gasteiger partial charge in [0.1, 0.15) is 0 Å². The van der Waals surface area contributed by atoms with Crippen molar-refractivity contribution in [2.45, 2.75) is 45.6 Å². The first-order chi connectivity index (χ1) is 4.35. The van der Waals surface area contributed by atoms with Crippen LogP contribution in [0.2, 0.25) is 0 Å². The van der Waals surface area contributed by atoms with E-state index in [2.05, 4.69) is 12.1 Å². The standard InChI is InChI=1S/C7H15NO/c1-3-5-6-7(4-2)8-9/h7H,3-6H2,1-2H3. The van der Waals surface area contributed by atoms with E-state index in [1.54, 1.807) is 0 Å². The van der Waals surface area contributed by atoms with Crippen LogP contribution in [-0.2, 0) is 0 Å². The average molecular weight is 129 g/mol. The molecule has 0 radical (unpaired) electrons. The minimum Gasteiger partial charge on any atom is -0.151 e. The third kappa shape index (κ3) is 4.13. The molecule has 54 valence electrons. The molecule has 0 aliphatic rings. The highest BCUT2D eigenvalue weighted by atomic mass is 16.3. The van der Waals surface area contributed by atoms with Gasteiger partial charge in [-0.1, -0.05) is 31.9 Å². The van der Waals surface area contributed by atoms with Crippen LogP contribution in [-0.4, -0.2) is 6.04 Å². The SMILES string of the molecule is CCCCC(CC)N=O. The molecule has 9 heavy (non-hydrogen) atoms. The van der Waals surface area contributed by atoms with Gasteiger partial charge in [-0.3, -0.25) is 0 Å². The van der Waals surface area contributed by atoms with Crippen LogP contribution < -0.4 is 0 Å². The molecular formula is C7H15NO. The van der Waals surface area contributed by atoms with Gasteiger partial charge in [-0.05, 0) is 12.8 Å². The van der Waals surface area contributed by atoms with Gasteiger partial charge in [-0.15, -0.1) is 0 Å². The summed E-state index contributed by atoms with van der Waals surface area (Å²) in [7, 11) is 0. The second kappa shape index (κ2) is 5.73. The van der Waals surface area contributed by atoms with Crippen molar-refractivity contribution in [1.82, 2.24) is 0 Å². The Kier molecular flexibility index (Phi) is 5.48. The molecule has 0 rings (SSSR count). The predicted octanol–water partition coefficient (Wildman–Crippen LogP) is 2.72. The van der Waals surface area contributed by atoms with Crippen molar-refractivity contribution in [2.24, 2.45) is 5.18 Å². The van der Waals surface area contributed by atoms with E-state index in [1.807, 2.05) is 6.92 Å². The highest BCUT2D eigenvalue weighted by Gasteiger charge is 2.02. The maximum Gasteiger partial charge on any atom is 0.0917 e. The van der Waals surface area contributed by atoms with E-state index >= 15 is 0 Å². The zero-order valence-corrected chi connectivity index (χ0v) is 6.26. The molecule has 2 heteroatoms. The molecule has 1 atom stereocenters. The van der Waals surface area contributed by atoms with Gasteiger partial charge in [0.15, 0.2) is 0 Å². The van der Waals surface area contributed by atoms with Gasteiger partial charge in [0.05, 0.1) is 6.04 Å². The lowest BCUT2D eigenvalue weighted by Crippen LogP contribution is -1.99. The minimum atomic E-state index is 0.0740. The van der Waals surface area contributed by atoms with Crippen LogP contribution in [0.5, 0.6) is 0 Å². The lowest BCUT2D eigenvalue weighted by atomic mass is 10.1. The normalized spacial score (nSPS) is 13.1. The number of nitrogens with zero attached hydrogens (tertiary/aromatic N) is 1. The van der Waals surface area contributed by atoms with Gasteiger partial charge in [-0.25, -0.2) is 0 Å². The third-order valence-electron chi connectivity index (χ3n) is 1.51. The zero-order chi connectivity index (χ0) is 7.11. The quantitative estimate of drug-likeness (QED) is 0.525. The Labute approximate surface area is 56.6 Å². The fraction of sp³-hybridized carbons (Fsp3) is 1.00. The molecular weight excluding hydrogens is 114 g/mol. The average Bonchev–Trinajstić information content (AvgIpc) is 1.91. The number of hydrogen-bond donors (Lipinski definition) is 0. The lowest BCUT2D eigenvalue weighted by molar-refractivity contribution is 0.561. The van der Waals surface area contributed by atoms with Crippen molar-refractivity contribution in [3.63, 3.8) is 0 Å². The van der Waals surface area contributed by atoms with E-state index < -0.39 is 0 Å². The van der Waals surface area contributed by atoms with Crippen molar-refractivity contribution < 1.29 is 0 Å². The Balaban J connectivity index is 3.20. The van der Waals surface area contributed by atoms with Crippen LogP contribution >= 0.6 is 0 Å². The molecule has 1 unspecified atom stereocenters. The van der Waals surface area contributed by atoms with Crippen LogP contribution in [0.25, 0.3) is 0 Å². The fourth-order valence-electron chi connectivity index (χ4n) is 0.771. The molecule has 2 nitrogen and oxygen atoms in total. The molecule has 0 fully saturated rings. The predicted molar refractivity (Wildman–Crippen MR) is 39.4 cm³/mol. The summed E-state index contributed by atoms with van der Waals surface area (Å²) < 4.78 is 0. The van der Waals surface area contributed by atoms with E-state index in [4.69, 9.17) is 0 Å². The third-order valence-corrected chi connectivity index (χ3v) is 1.51. The van der Waals surface area contributed by atoms with Gasteiger partial charge in [0.25, 0.3) is 0 Å². The first-order valence-electron chi connectivity index (χ1n) is 3.67. The maximum absolute atomic E-state index is 9.99. The molecule has 0 aliphatic carbocycles. The monoisotopic (exact) mass is 129 g/mol. The van der Waals surface area contributed by atoms with Gasteiger partial charge >= 0.3 is 0 Å². The van der Waals surface area contributed by atoms with Crippen molar-refractivity contribution in [3.05, 3.63) is 4.91 Å². The first-order valence-corrected chi connectivity index (χ1v) is 3.67. The van der Waals surface area contributed by atoms with E-state index in [9.17, 15) is 4.91 Å². The fourth-order valence-corrected chi connectivity index (χ4v) is 0.771. The van der Waals surface area contributed by atoms with Crippen molar-refractivity contribution in [1.29, 1.82) is 0 Å². The summed E-state index contributed by atoms with van der Waals surface area (Å²) in [4.78, 5) is 9.99. The Bertz CT molecular complexity index is 73.3. The first kappa shape index (κ1) is 8.60. The molecule has 0 aromatic heterocycles. The Hall–Kier alpha value is -0.400. The minimum absolute atomic E-state index is 0.0740. The number of unbranched alkanes of at least 4 members (excludes halogenated alkanes) is 1. The van der Waals surface area contributed by atoms with Crippen molar-refractivity contribution >= 4 is 0 Å². The summed E-state index contributed by atoms with van der Waals surface area (Å²) in [5.74, 6) is 0. The molecule has 0 amide bonds. The van der Waals surface area contributed by atoms with E-state index in [0.717, 1.165) is 25.7 Å². The highest BCUT2D eigenvalue weighted by molar-refractivity contribution is 4.61. The molecule has 0 heterocycles. The summed E-state index contributed by atoms with van der Waals surface area (Å²) in [6, 6.07) is 0.0740. The molecule has 0 aromatic carbocycles. The number of hydrogen-bond acceptors (Lipinski definition) is 2. The lowest BCUT2D eigenvalue weighted by Gasteiger charge is -2.01. The smallest absolute Gasteiger partial charge is 0.0917 e. The molecule has 0 aromatic rings. The van der Waals surface area contributed by atoms with E-state index in [0.29, 0.717) is 0 Å². The van der Waals surface area contributed by atoms with Crippen LogP contribution in [0, 0.1) is 4.91 Å². The molecule has 0 bridgehead atoms. The molecule has 0 saturated heterocycles. The highest BCUT2D eigenvalue weighted by Crippen LogP contribution is 2.06. The molecule has 0 N–H and O–H groups in total. The summed E-state index contributed by atoms with van der Waals surface area (Å²) in [5, 5.41) is 2.99. The van der Waals surface area contributed by atoms with Crippen LogP contribution in [0.15, 0.2) is 5.18 Å². The maximum atomic E-state index is 9.99. The topological polar surface area (TPSA) is 29.4 Å². The van der Waals surface area contributed by atoms with Crippen molar-refractivity contribution in [2.75, 3.05) is 0 Å². The summed E-state index contributed by atoms with van der Waals surface area (Å²) in [5.41, 5.74) is 0. The van der Waals surface area contributed by atoms with Gasteiger partial charge in [-0.2, -0.15) is 4.91 Å². The molecule has 0 aliphatic heterocycles. The van der Waals surface area contributed by atoms with Gasteiger partial charge in [0, 0.05) is 0 Å². The van der Waals surface area contributed by atoms with E-state index in [1.165, 1.54) is 0 Å². The number of nitroso groups, excluding NO2 is 1. The second-order valence-corrected chi connectivity index (χ2v) is 2.31. The van der Waals surface area contributed by atoms with Crippen LogP contribution in [0.1, 0.15) is 39.5 Å². The van der Waals surface area contributed by atoms with Gasteiger partial charge < -0.3 is 0 Å². The Morgan fingerprint density at radius 1 is 1.44 bits per heavy atom. The summed E-state index contributed by atoms with van der Waals surface area (Å²) >= 11 is 0. The van der Waals surface area contributed by atoms with Crippen LogP contribution in [0.3, 0.4) is 0 Å². The van der Waals surface area contributed by atoms with Gasteiger partial charge in [0.2, 0.25) is 0 Å². The van der Waals surface area contributed by atoms with Crippen molar-refractivity contribution in [3.8, 4) is 0 Å². The Morgan fingerprint density at radius 2 is 2.11 bits per heavy atom. The molecule has 0 saturated carbocycles. The van der Waals surface area contributed by atoms with E-state index in [-0.39, 0.29) is 6.04 Å².